The first-order chi connectivity index (χ1) is 8.71. The number of hydrogen-bond donors (Lipinski definition) is 0. The molecule has 114 valence electrons. The Labute approximate surface area is 124 Å². The van der Waals surface area contributed by atoms with Crippen LogP contribution in [0.5, 0.6) is 0 Å². The molecule has 0 saturated heterocycles. The van der Waals surface area contributed by atoms with E-state index in [-0.39, 0.29) is 0 Å². The topological polar surface area (TPSA) is 0 Å². The average Bonchev–Trinajstić information content (AvgIpc) is 2.32. The van der Waals surface area contributed by atoms with E-state index in [4.69, 9.17) is 0 Å². The summed E-state index contributed by atoms with van der Waals surface area (Å²) in [6, 6.07) is 0. The van der Waals surface area contributed by atoms with Gasteiger partial charge in [0.2, 0.25) is 0 Å². The molecule has 0 radical (unpaired) electrons. The molecule has 0 amide bonds. The molecular formula is C19H38. The van der Waals surface area contributed by atoms with Crippen LogP contribution in [-0.2, 0) is 0 Å². The minimum Gasteiger partial charge on any atom is -0.103 e. The number of hydrogen-bond acceptors (Lipinski definition) is 0. The molecule has 0 aliphatic rings. The Morgan fingerprint density at radius 2 is 1.16 bits per heavy atom. The molecule has 0 heteroatoms. The van der Waals surface area contributed by atoms with Gasteiger partial charge in [0.05, 0.1) is 0 Å². The summed E-state index contributed by atoms with van der Waals surface area (Å²) in [5, 5.41) is 0. The van der Waals surface area contributed by atoms with Crippen molar-refractivity contribution in [3.8, 4) is 0 Å². The second-order valence-corrected chi connectivity index (χ2v) is 5.45. The summed E-state index contributed by atoms with van der Waals surface area (Å²) in [6.07, 6.45) is 11.4. The fourth-order valence-electron chi connectivity index (χ4n) is 0.254. The molecule has 0 spiro atoms. The molecule has 0 aromatic heterocycles. The van der Waals surface area contributed by atoms with Gasteiger partial charge < -0.3 is 0 Å². The summed E-state index contributed by atoms with van der Waals surface area (Å²) in [6.45, 7) is 26.0. The molecule has 0 unspecified atom stereocenters. The zero-order valence-corrected chi connectivity index (χ0v) is 15.0. The maximum atomic E-state index is 3.63. The van der Waals surface area contributed by atoms with E-state index in [1.165, 1.54) is 0 Å². The normalized spacial score (nSPS) is 9.79. The first kappa shape index (κ1) is 26.5. The van der Waals surface area contributed by atoms with Crippen molar-refractivity contribution in [2.75, 3.05) is 0 Å². The minimum atomic E-state index is 0.306. The van der Waals surface area contributed by atoms with Crippen LogP contribution in [0.25, 0.3) is 0 Å². The van der Waals surface area contributed by atoms with Crippen molar-refractivity contribution >= 4 is 0 Å². The zero-order chi connectivity index (χ0) is 16.3. The lowest BCUT2D eigenvalue weighted by Crippen LogP contribution is -1.96. The van der Waals surface area contributed by atoms with Crippen LogP contribution in [0.15, 0.2) is 49.6 Å². The lowest BCUT2D eigenvalue weighted by molar-refractivity contribution is 0.546. The van der Waals surface area contributed by atoms with Crippen LogP contribution in [0.4, 0.5) is 0 Å². The molecule has 0 aliphatic heterocycles. The van der Waals surface area contributed by atoms with Crippen molar-refractivity contribution in [1.29, 1.82) is 0 Å². The average molecular weight is 267 g/mol. The quantitative estimate of drug-likeness (QED) is 0.366. The van der Waals surface area contributed by atoms with Gasteiger partial charge in [-0.05, 0) is 18.3 Å². The Hall–Kier alpha value is -1.04. The van der Waals surface area contributed by atoms with Crippen LogP contribution < -0.4 is 0 Å². The molecule has 0 rings (SSSR count). The van der Waals surface area contributed by atoms with Crippen molar-refractivity contribution in [2.45, 2.75) is 62.3 Å². The Kier molecular flexibility index (Phi) is 30.9. The fraction of sp³-hybridized carbons (Fsp3) is 0.579. The molecule has 0 fully saturated rings. The predicted octanol–water partition coefficient (Wildman–Crippen LogP) is 7.21. The van der Waals surface area contributed by atoms with Crippen LogP contribution in [0.3, 0.4) is 0 Å². The second kappa shape index (κ2) is 22.2. The predicted molar refractivity (Wildman–Crippen MR) is 95.7 cm³/mol. The molecule has 0 bridgehead atoms. The highest BCUT2D eigenvalue weighted by molar-refractivity contribution is 5.07. The second-order valence-electron chi connectivity index (χ2n) is 5.45. The van der Waals surface area contributed by atoms with Gasteiger partial charge in [-0.2, -0.15) is 0 Å². The summed E-state index contributed by atoms with van der Waals surface area (Å²) in [5.74, 6) is 0.833. The SMILES string of the molecule is C=C/C=C\C=C/C.C=CC(C)(C)C.CC.CC(C)C. The maximum absolute atomic E-state index is 3.63. The zero-order valence-electron chi connectivity index (χ0n) is 15.0. The lowest BCUT2D eigenvalue weighted by Gasteiger charge is -2.08. The Bertz CT molecular complexity index is 206. The van der Waals surface area contributed by atoms with Gasteiger partial charge in [0.1, 0.15) is 0 Å². The summed E-state index contributed by atoms with van der Waals surface area (Å²) >= 11 is 0. The van der Waals surface area contributed by atoms with Crippen molar-refractivity contribution in [3.63, 3.8) is 0 Å². The molecular weight excluding hydrogens is 228 g/mol. The third-order valence-electron chi connectivity index (χ3n) is 1.16. The van der Waals surface area contributed by atoms with E-state index in [1.807, 2.05) is 51.2 Å². The van der Waals surface area contributed by atoms with Gasteiger partial charge in [0.25, 0.3) is 0 Å². The van der Waals surface area contributed by atoms with Gasteiger partial charge in [-0.15, -0.1) is 6.58 Å². The maximum Gasteiger partial charge on any atom is -0.0206 e. The Morgan fingerprint density at radius 3 is 1.32 bits per heavy atom. The van der Waals surface area contributed by atoms with Crippen molar-refractivity contribution in [3.05, 3.63) is 49.6 Å². The first-order valence-electron chi connectivity index (χ1n) is 7.25. The van der Waals surface area contributed by atoms with Gasteiger partial charge in [-0.25, -0.2) is 0 Å². The van der Waals surface area contributed by atoms with E-state index < -0.39 is 0 Å². The van der Waals surface area contributed by atoms with Crippen LogP contribution in [0.1, 0.15) is 62.3 Å². The third kappa shape index (κ3) is 107. The van der Waals surface area contributed by atoms with E-state index in [9.17, 15) is 0 Å². The van der Waals surface area contributed by atoms with E-state index in [2.05, 4.69) is 54.7 Å². The van der Waals surface area contributed by atoms with Crippen LogP contribution in [0.2, 0.25) is 0 Å². The van der Waals surface area contributed by atoms with Crippen LogP contribution in [0, 0.1) is 11.3 Å². The summed E-state index contributed by atoms with van der Waals surface area (Å²) in [7, 11) is 0. The van der Waals surface area contributed by atoms with Crippen molar-refractivity contribution in [1.82, 2.24) is 0 Å². The molecule has 0 atom stereocenters. The van der Waals surface area contributed by atoms with E-state index in [0.29, 0.717) is 5.41 Å². The highest BCUT2D eigenvalue weighted by Crippen LogP contribution is 2.11. The fourth-order valence-corrected chi connectivity index (χ4v) is 0.254. The third-order valence-corrected chi connectivity index (χ3v) is 1.16. The smallest absolute Gasteiger partial charge is 0.0206 e. The van der Waals surface area contributed by atoms with Crippen LogP contribution in [-0.4, -0.2) is 0 Å². The molecule has 0 heterocycles. The monoisotopic (exact) mass is 266 g/mol. The Morgan fingerprint density at radius 1 is 0.842 bits per heavy atom. The van der Waals surface area contributed by atoms with Gasteiger partial charge >= 0.3 is 0 Å². The first-order valence-corrected chi connectivity index (χ1v) is 7.25. The highest BCUT2D eigenvalue weighted by Gasteiger charge is 1.99. The standard InChI is InChI=1S/C7H10.C6H12.C4H10.C2H6/c1-3-5-7-6-4-2;1-5-6(2,3)4;1-4(2)3;1-2/h3-7H,1H2,2H3;5H,1H2,2-4H3;4H,1-3H3;1-2H3/b6-4-,7-5-;;;. The molecule has 0 nitrogen and oxygen atoms in total. The molecule has 19 heavy (non-hydrogen) atoms. The van der Waals surface area contributed by atoms with E-state index in [0.717, 1.165) is 5.92 Å². The lowest BCUT2D eigenvalue weighted by atomic mass is 9.98. The molecule has 0 saturated carbocycles. The molecule has 0 aliphatic carbocycles. The van der Waals surface area contributed by atoms with Crippen LogP contribution >= 0.6 is 0 Å². The van der Waals surface area contributed by atoms with E-state index >= 15 is 0 Å². The summed E-state index contributed by atoms with van der Waals surface area (Å²) in [5.41, 5.74) is 0.306. The van der Waals surface area contributed by atoms with E-state index in [1.54, 1.807) is 6.08 Å². The number of allylic oxidation sites excluding steroid dienone is 6. The van der Waals surface area contributed by atoms with Gasteiger partial charge in [-0.1, -0.05) is 98.4 Å². The summed E-state index contributed by atoms with van der Waals surface area (Å²) < 4.78 is 0. The Balaban J connectivity index is -0.0000000858. The van der Waals surface area contributed by atoms with Crippen molar-refractivity contribution < 1.29 is 0 Å². The van der Waals surface area contributed by atoms with Crippen molar-refractivity contribution in [2.24, 2.45) is 11.3 Å². The van der Waals surface area contributed by atoms with Gasteiger partial charge in [-0.3, -0.25) is 0 Å². The molecule has 0 aromatic carbocycles. The largest absolute Gasteiger partial charge is 0.103 e. The van der Waals surface area contributed by atoms with Gasteiger partial charge in [0, 0.05) is 0 Å². The molecule has 0 aromatic rings. The minimum absolute atomic E-state index is 0.306. The number of rotatable bonds is 2. The summed E-state index contributed by atoms with van der Waals surface area (Å²) in [4.78, 5) is 0. The van der Waals surface area contributed by atoms with Gasteiger partial charge in [0.15, 0.2) is 0 Å². The highest BCUT2D eigenvalue weighted by atomic mass is 14.0. The molecule has 0 N–H and O–H groups in total.